The molecule has 9 nitrogen and oxygen atoms in total. The van der Waals surface area contributed by atoms with Gasteiger partial charge in [0, 0.05) is 11.5 Å². The maximum atomic E-state index is 12.5. The van der Waals surface area contributed by atoms with E-state index in [4.69, 9.17) is 18.9 Å². The third-order valence-corrected chi connectivity index (χ3v) is 5.91. The van der Waals surface area contributed by atoms with E-state index in [0.717, 1.165) is 17.3 Å². The van der Waals surface area contributed by atoms with Crippen LogP contribution in [0.1, 0.15) is 12.5 Å². The molecule has 0 aliphatic heterocycles. The lowest BCUT2D eigenvalue weighted by molar-refractivity contribution is -0.112. The van der Waals surface area contributed by atoms with Crippen LogP contribution in [0, 0.1) is 11.3 Å². The van der Waals surface area contributed by atoms with Gasteiger partial charge in [-0.1, -0.05) is 36.9 Å². The molecule has 0 fully saturated rings. The first kappa shape index (κ1) is 25.9. The smallest absolute Gasteiger partial charge is 0.268 e. The van der Waals surface area contributed by atoms with E-state index in [1.807, 2.05) is 37.3 Å². The van der Waals surface area contributed by atoms with Gasteiger partial charge in [0.15, 0.2) is 23.0 Å². The van der Waals surface area contributed by atoms with Gasteiger partial charge in [-0.15, -0.1) is 0 Å². The molecule has 1 N–H and O–H groups in total. The molecular weight excluding hydrogens is 488 g/mol. The van der Waals surface area contributed by atoms with Gasteiger partial charge in [0.05, 0.1) is 14.2 Å². The fourth-order valence-electron chi connectivity index (χ4n) is 2.86. The van der Waals surface area contributed by atoms with Crippen molar-refractivity contribution in [2.45, 2.75) is 12.1 Å². The number of carbonyl (C=O) groups is 1. The SMILES string of the molecule is CCSc1nsc(NC(=O)C(C#N)=Cc2ccc(OCCOc3ccccc3OC)c(OC)c2)n1. The number of hydrogen-bond acceptors (Lipinski definition) is 10. The predicted octanol–water partition coefficient (Wildman–Crippen LogP) is 4.67. The molecule has 0 saturated heterocycles. The third kappa shape index (κ3) is 7.37. The van der Waals surface area contributed by atoms with Crippen molar-refractivity contribution in [1.29, 1.82) is 5.26 Å². The van der Waals surface area contributed by atoms with Crippen LogP contribution in [0.25, 0.3) is 6.08 Å². The molecule has 1 heterocycles. The second kappa shape index (κ2) is 13.2. The molecule has 3 rings (SSSR count). The normalized spacial score (nSPS) is 10.9. The Kier molecular flexibility index (Phi) is 9.77. The minimum Gasteiger partial charge on any atom is -0.493 e. The highest BCUT2D eigenvalue weighted by Gasteiger charge is 2.14. The number of para-hydroxylation sites is 2. The maximum absolute atomic E-state index is 12.5. The van der Waals surface area contributed by atoms with E-state index in [2.05, 4.69) is 14.7 Å². The summed E-state index contributed by atoms with van der Waals surface area (Å²) in [6.45, 7) is 2.56. The van der Waals surface area contributed by atoms with E-state index in [1.54, 1.807) is 25.3 Å². The first-order chi connectivity index (χ1) is 17.1. The Balaban J connectivity index is 1.62. The van der Waals surface area contributed by atoms with E-state index >= 15 is 0 Å². The summed E-state index contributed by atoms with van der Waals surface area (Å²) < 4.78 is 26.3. The van der Waals surface area contributed by atoms with Gasteiger partial charge in [-0.05, 0) is 41.7 Å². The Labute approximate surface area is 211 Å². The summed E-state index contributed by atoms with van der Waals surface area (Å²) >= 11 is 2.54. The Morgan fingerprint density at radius 2 is 1.77 bits per heavy atom. The van der Waals surface area contributed by atoms with Gasteiger partial charge in [0.2, 0.25) is 10.3 Å². The average Bonchev–Trinajstić information content (AvgIpc) is 3.32. The summed E-state index contributed by atoms with van der Waals surface area (Å²) in [5, 5.41) is 13.0. The number of amides is 1. The number of nitrogens with zero attached hydrogens (tertiary/aromatic N) is 3. The Morgan fingerprint density at radius 3 is 2.43 bits per heavy atom. The molecule has 0 spiro atoms. The standard InChI is InChI=1S/C24H24N4O5S2/c1-4-34-24-27-23(35-28-24)26-22(29)17(15-25)13-16-9-10-20(21(14-16)31-3)33-12-11-32-19-8-6-5-7-18(19)30-2/h5-10,13-14H,4,11-12H2,1-3H3,(H,26,27,28,29). The van der Waals surface area contributed by atoms with E-state index in [-0.39, 0.29) is 12.2 Å². The number of benzene rings is 2. The van der Waals surface area contributed by atoms with E-state index < -0.39 is 5.91 Å². The number of hydrogen-bond donors (Lipinski definition) is 1. The molecule has 35 heavy (non-hydrogen) atoms. The Bertz CT molecular complexity index is 1220. The number of carbonyl (C=O) groups excluding carboxylic acids is 1. The van der Waals surface area contributed by atoms with Crippen molar-refractivity contribution >= 4 is 40.4 Å². The average molecular weight is 513 g/mol. The van der Waals surface area contributed by atoms with Crippen molar-refractivity contribution in [3.05, 3.63) is 53.6 Å². The topological polar surface area (TPSA) is 116 Å². The molecule has 0 unspecified atom stereocenters. The summed E-state index contributed by atoms with van der Waals surface area (Å²) in [5.41, 5.74) is 0.525. The second-order valence-electron chi connectivity index (χ2n) is 6.70. The number of nitrogens with one attached hydrogen (secondary N) is 1. The minimum atomic E-state index is -0.565. The minimum absolute atomic E-state index is 0.0779. The van der Waals surface area contributed by atoms with Crippen molar-refractivity contribution in [2.24, 2.45) is 0 Å². The van der Waals surface area contributed by atoms with Crippen molar-refractivity contribution in [3.8, 4) is 29.1 Å². The zero-order valence-corrected chi connectivity index (χ0v) is 21.1. The van der Waals surface area contributed by atoms with Crippen molar-refractivity contribution in [3.63, 3.8) is 0 Å². The summed E-state index contributed by atoms with van der Waals surface area (Å²) in [5.74, 6) is 2.49. The number of nitriles is 1. The van der Waals surface area contributed by atoms with Gasteiger partial charge in [0.1, 0.15) is 24.9 Å². The fourth-order valence-corrected chi connectivity index (χ4v) is 4.13. The van der Waals surface area contributed by atoms with Crippen molar-refractivity contribution in [1.82, 2.24) is 9.36 Å². The largest absolute Gasteiger partial charge is 0.493 e. The lowest BCUT2D eigenvalue weighted by atomic mass is 10.1. The fraction of sp³-hybridized carbons (Fsp3) is 0.250. The van der Waals surface area contributed by atoms with Gasteiger partial charge in [0.25, 0.3) is 5.91 Å². The van der Waals surface area contributed by atoms with Crippen LogP contribution < -0.4 is 24.3 Å². The predicted molar refractivity (Wildman–Crippen MR) is 136 cm³/mol. The third-order valence-electron chi connectivity index (χ3n) is 4.43. The zero-order valence-electron chi connectivity index (χ0n) is 19.4. The van der Waals surface area contributed by atoms with Crippen LogP contribution >= 0.6 is 23.3 Å². The van der Waals surface area contributed by atoms with Crippen LogP contribution in [0.4, 0.5) is 5.13 Å². The molecular formula is C24H24N4O5S2. The van der Waals surface area contributed by atoms with Gasteiger partial charge in [-0.25, -0.2) is 0 Å². The lowest BCUT2D eigenvalue weighted by Crippen LogP contribution is -2.13. The summed E-state index contributed by atoms with van der Waals surface area (Å²) in [6.07, 6.45) is 1.47. The van der Waals surface area contributed by atoms with Crippen LogP contribution in [0.3, 0.4) is 0 Å². The maximum Gasteiger partial charge on any atom is 0.268 e. The number of aromatic nitrogens is 2. The highest BCUT2D eigenvalue weighted by atomic mass is 32.2. The molecule has 1 aromatic heterocycles. The number of rotatable bonds is 12. The quantitative estimate of drug-likeness (QED) is 0.160. The van der Waals surface area contributed by atoms with Crippen molar-refractivity contribution in [2.75, 3.05) is 38.5 Å². The molecule has 0 bridgehead atoms. The highest BCUT2D eigenvalue weighted by Crippen LogP contribution is 2.30. The van der Waals surface area contributed by atoms with E-state index in [0.29, 0.717) is 45.5 Å². The zero-order chi connectivity index (χ0) is 25.0. The number of methoxy groups -OCH3 is 2. The van der Waals surface area contributed by atoms with Crippen LogP contribution in [0.2, 0.25) is 0 Å². The number of anilines is 1. The first-order valence-electron chi connectivity index (χ1n) is 10.5. The summed E-state index contributed by atoms with van der Waals surface area (Å²) in [7, 11) is 3.10. The van der Waals surface area contributed by atoms with E-state index in [1.165, 1.54) is 24.9 Å². The monoisotopic (exact) mass is 512 g/mol. The molecule has 0 aliphatic rings. The molecule has 182 valence electrons. The number of ether oxygens (including phenoxy) is 4. The van der Waals surface area contributed by atoms with Gasteiger partial charge < -0.3 is 18.9 Å². The molecule has 0 atom stereocenters. The lowest BCUT2D eigenvalue weighted by Gasteiger charge is -2.13. The molecule has 0 saturated carbocycles. The molecule has 3 aromatic rings. The summed E-state index contributed by atoms with van der Waals surface area (Å²) in [4.78, 5) is 16.7. The molecule has 11 heteroatoms. The van der Waals surface area contributed by atoms with Gasteiger partial charge >= 0.3 is 0 Å². The van der Waals surface area contributed by atoms with Gasteiger partial charge in [-0.3, -0.25) is 10.1 Å². The molecule has 0 radical (unpaired) electrons. The first-order valence-corrected chi connectivity index (χ1v) is 12.3. The molecule has 2 aromatic carbocycles. The highest BCUT2D eigenvalue weighted by molar-refractivity contribution is 7.99. The van der Waals surface area contributed by atoms with Crippen LogP contribution in [-0.4, -0.2) is 48.5 Å². The van der Waals surface area contributed by atoms with E-state index in [9.17, 15) is 10.1 Å². The van der Waals surface area contributed by atoms with Crippen LogP contribution in [0.5, 0.6) is 23.0 Å². The van der Waals surface area contributed by atoms with Crippen molar-refractivity contribution < 1.29 is 23.7 Å². The molecule has 1 amide bonds. The Morgan fingerprint density at radius 1 is 1.09 bits per heavy atom. The van der Waals surface area contributed by atoms with Crippen LogP contribution in [-0.2, 0) is 4.79 Å². The second-order valence-corrected chi connectivity index (χ2v) is 8.68. The molecule has 0 aliphatic carbocycles. The van der Waals surface area contributed by atoms with Gasteiger partial charge in [-0.2, -0.15) is 14.6 Å². The summed E-state index contributed by atoms with van der Waals surface area (Å²) in [6, 6.07) is 14.4. The van der Waals surface area contributed by atoms with Crippen LogP contribution in [0.15, 0.2) is 53.2 Å². The Hall–Kier alpha value is -3.75. The number of thioether (sulfide) groups is 1.